The normalized spacial score (nSPS) is 26.3. The maximum Gasteiger partial charge on any atom is 0.152 e. The summed E-state index contributed by atoms with van der Waals surface area (Å²) in [6.45, 7) is 10.5. The van der Waals surface area contributed by atoms with E-state index in [1.165, 1.54) is 0 Å². The molecule has 4 nitrogen and oxygen atoms in total. The first-order valence-corrected chi connectivity index (χ1v) is 9.69. The van der Waals surface area contributed by atoms with Crippen LogP contribution in [0.2, 0.25) is 0 Å². The summed E-state index contributed by atoms with van der Waals surface area (Å²) in [5, 5.41) is 6.43. The summed E-state index contributed by atoms with van der Waals surface area (Å²) in [7, 11) is -2.97. The molecule has 1 saturated heterocycles. The molecular weight excluding hydrogens is 292 g/mol. The fourth-order valence-corrected chi connectivity index (χ4v) is 5.83. The number of aromatic nitrogens is 1. The van der Waals surface area contributed by atoms with Crippen LogP contribution in [0.1, 0.15) is 51.7 Å². The second kappa shape index (κ2) is 5.07. The highest BCUT2D eigenvalue weighted by molar-refractivity contribution is 7.91. The Morgan fingerprint density at radius 1 is 1.40 bits per heavy atom. The summed E-state index contributed by atoms with van der Waals surface area (Å²) in [6.07, 6.45) is 0.616. The Kier molecular flexibility index (Phi) is 4.04. The zero-order valence-corrected chi connectivity index (χ0v) is 14.5. The standard InChI is InChI=1S/C14H24N2O2S2/c1-10(2)16-14(6-7-20(17,18)9-14)12-15-11(8-19-12)13(3,4)5/h8,10,16H,6-7,9H2,1-5H3. The minimum absolute atomic E-state index is 0.00868. The first-order valence-electron chi connectivity index (χ1n) is 6.99. The highest BCUT2D eigenvalue weighted by Crippen LogP contribution is 2.37. The van der Waals surface area contributed by atoms with E-state index in [4.69, 9.17) is 4.98 Å². The Labute approximate surface area is 125 Å². The van der Waals surface area contributed by atoms with E-state index in [0.29, 0.717) is 6.42 Å². The molecule has 0 aromatic carbocycles. The highest BCUT2D eigenvalue weighted by atomic mass is 32.2. The molecule has 1 aliphatic heterocycles. The molecule has 0 radical (unpaired) electrons. The molecule has 1 unspecified atom stereocenters. The molecule has 6 heteroatoms. The van der Waals surface area contributed by atoms with Gasteiger partial charge < -0.3 is 5.32 Å². The fourth-order valence-electron chi connectivity index (χ4n) is 2.58. The van der Waals surface area contributed by atoms with Gasteiger partial charge >= 0.3 is 0 Å². The van der Waals surface area contributed by atoms with E-state index < -0.39 is 15.4 Å². The van der Waals surface area contributed by atoms with Crippen LogP contribution < -0.4 is 5.32 Å². The lowest BCUT2D eigenvalue weighted by Crippen LogP contribution is -2.47. The van der Waals surface area contributed by atoms with Crippen LogP contribution in [0.15, 0.2) is 5.38 Å². The molecule has 2 heterocycles. The SMILES string of the molecule is CC(C)NC1(c2nc(C(C)(C)C)cs2)CCS(=O)(=O)C1. The number of hydrogen-bond donors (Lipinski definition) is 1. The Bertz CT molecular complexity index is 585. The van der Waals surface area contributed by atoms with Crippen molar-refractivity contribution >= 4 is 21.2 Å². The molecule has 20 heavy (non-hydrogen) atoms. The van der Waals surface area contributed by atoms with E-state index in [1.807, 2.05) is 13.8 Å². The Balaban J connectivity index is 2.41. The predicted molar refractivity (Wildman–Crippen MR) is 84.0 cm³/mol. The summed E-state index contributed by atoms with van der Waals surface area (Å²) < 4.78 is 23.9. The van der Waals surface area contributed by atoms with Crippen LogP contribution >= 0.6 is 11.3 Å². The largest absolute Gasteiger partial charge is 0.302 e. The molecular formula is C14H24N2O2S2. The van der Waals surface area contributed by atoms with E-state index in [2.05, 4.69) is 31.5 Å². The first kappa shape index (κ1) is 15.9. The Morgan fingerprint density at radius 2 is 2.05 bits per heavy atom. The summed E-state index contributed by atoms with van der Waals surface area (Å²) in [4.78, 5) is 4.75. The zero-order chi connectivity index (χ0) is 15.2. The second-order valence-corrected chi connectivity index (χ2v) is 10.1. The molecule has 1 atom stereocenters. The summed E-state index contributed by atoms with van der Waals surface area (Å²) in [5.41, 5.74) is 0.526. The lowest BCUT2D eigenvalue weighted by Gasteiger charge is -2.29. The molecule has 1 aromatic rings. The van der Waals surface area contributed by atoms with Gasteiger partial charge in [-0.1, -0.05) is 20.8 Å². The predicted octanol–water partition coefficient (Wildman–Crippen LogP) is 2.45. The van der Waals surface area contributed by atoms with Gasteiger partial charge in [-0.3, -0.25) is 0 Å². The Morgan fingerprint density at radius 3 is 2.45 bits per heavy atom. The smallest absolute Gasteiger partial charge is 0.152 e. The average molecular weight is 316 g/mol. The third-order valence-corrected chi connectivity index (χ3v) is 6.36. The number of hydrogen-bond acceptors (Lipinski definition) is 5. The van der Waals surface area contributed by atoms with E-state index in [-0.39, 0.29) is 23.0 Å². The number of nitrogens with zero attached hydrogens (tertiary/aromatic N) is 1. The van der Waals surface area contributed by atoms with Gasteiger partial charge in [0.25, 0.3) is 0 Å². The van der Waals surface area contributed by atoms with E-state index in [9.17, 15) is 8.42 Å². The average Bonchev–Trinajstić information content (AvgIpc) is 2.82. The lowest BCUT2D eigenvalue weighted by molar-refractivity contribution is 0.339. The van der Waals surface area contributed by atoms with Crippen LogP contribution in [0.25, 0.3) is 0 Å². The summed E-state index contributed by atoms with van der Waals surface area (Å²) in [5.74, 6) is 0.409. The third kappa shape index (κ3) is 3.23. The minimum atomic E-state index is -2.97. The van der Waals surface area contributed by atoms with Crippen LogP contribution in [0.4, 0.5) is 0 Å². The van der Waals surface area contributed by atoms with Gasteiger partial charge in [-0.15, -0.1) is 11.3 Å². The monoisotopic (exact) mass is 316 g/mol. The van der Waals surface area contributed by atoms with Crippen molar-refractivity contribution in [1.29, 1.82) is 0 Å². The van der Waals surface area contributed by atoms with Gasteiger partial charge in [-0.05, 0) is 20.3 Å². The van der Waals surface area contributed by atoms with Crippen LogP contribution in [0.5, 0.6) is 0 Å². The van der Waals surface area contributed by atoms with Gasteiger partial charge in [-0.25, -0.2) is 13.4 Å². The molecule has 1 aromatic heterocycles. The summed E-state index contributed by atoms with van der Waals surface area (Å²) in [6, 6.07) is 0.227. The maximum absolute atomic E-state index is 11.9. The zero-order valence-electron chi connectivity index (χ0n) is 12.9. The van der Waals surface area contributed by atoms with Crippen molar-refractivity contribution in [2.75, 3.05) is 11.5 Å². The lowest BCUT2D eigenvalue weighted by atomic mass is 9.93. The fraction of sp³-hybridized carbons (Fsp3) is 0.786. The molecule has 0 bridgehead atoms. The molecule has 1 fully saturated rings. The number of thiazole rings is 1. The van der Waals surface area contributed by atoms with Crippen molar-refractivity contribution in [2.45, 2.75) is 58.0 Å². The molecule has 0 aliphatic carbocycles. The van der Waals surface area contributed by atoms with Crippen LogP contribution in [-0.2, 0) is 20.8 Å². The molecule has 1 N–H and O–H groups in total. The second-order valence-electron chi connectivity index (χ2n) is 7.01. The van der Waals surface area contributed by atoms with Crippen molar-refractivity contribution in [3.05, 3.63) is 16.1 Å². The highest BCUT2D eigenvalue weighted by Gasteiger charge is 2.46. The van der Waals surface area contributed by atoms with Gasteiger partial charge in [-0.2, -0.15) is 0 Å². The van der Waals surface area contributed by atoms with Gasteiger partial charge in [0.15, 0.2) is 9.84 Å². The topological polar surface area (TPSA) is 59.1 Å². The van der Waals surface area contributed by atoms with Gasteiger partial charge in [0, 0.05) is 16.8 Å². The van der Waals surface area contributed by atoms with E-state index in [0.717, 1.165) is 10.7 Å². The minimum Gasteiger partial charge on any atom is -0.302 e. The number of nitrogens with one attached hydrogen (secondary N) is 1. The van der Waals surface area contributed by atoms with Crippen molar-refractivity contribution < 1.29 is 8.42 Å². The van der Waals surface area contributed by atoms with Crippen molar-refractivity contribution in [3.63, 3.8) is 0 Å². The first-order chi connectivity index (χ1) is 9.04. The number of rotatable bonds is 3. The van der Waals surface area contributed by atoms with Gasteiger partial charge in [0.2, 0.25) is 0 Å². The molecule has 2 rings (SSSR count). The van der Waals surface area contributed by atoms with Gasteiger partial charge in [0.1, 0.15) is 5.01 Å². The molecule has 1 aliphatic rings. The quantitative estimate of drug-likeness (QED) is 0.930. The molecule has 0 spiro atoms. The van der Waals surface area contributed by atoms with E-state index >= 15 is 0 Å². The van der Waals surface area contributed by atoms with Crippen LogP contribution in [0.3, 0.4) is 0 Å². The van der Waals surface area contributed by atoms with Crippen molar-refractivity contribution in [2.24, 2.45) is 0 Å². The Hall–Kier alpha value is -0.460. The van der Waals surface area contributed by atoms with E-state index in [1.54, 1.807) is 11.3 Å². The summed E-state index contributed by atoms with van der Waals surface area (Å²) >= 11 is 1.58. The molecule has 0 saturated carbocycles. The number of sulfone groups is 1. The van der Waals surface area contributed by atoms with Crippen LogP contribution in [-0.4, -0.2) is 30.9 Å². The molecule has 114 valence electrons. The van der Waals surface area contributed by atoms with Gasteiger partial charge in [0.05, 0.1) is 22.7 Å². The molecule has 0 amide bonds. The maximum atomic E-state index is 11.9. The van der Waals surface area contributed by atoms with Crippen molar-refractivity contribution in [1.82, 2.24) is 10.3 Å². The van der Waals surface area contributed by atoms with Crippen LogP contribution in [0, 0.1) is 0 Å². The van der Waals surface area contributed by atoms with Crippen molar-refractivity contribution in [3.8, 4) is 0 Å². The third-order valence-electron chi connectivity index (χ3n) is 3.55.